The highest BCUT2D eigenvalue weighted by Crippen LogP contribution is 2.41. The molecule has 12 nitrogen and oxygen atoms in total. The second-order valence-electron chi connectivity index (χ2n) is 11.1. The normalized spacial score (nSPS) is 12.6. The summed E-state index contributed by atoms with van der Waals surface area (Å²) in [6, 6.07) is 21.3. The maximum Gasteiger partial charge on any atom is 0.290 e. The fraction of sp³-hybridized carbons (Fsp3) is 0.250. The van der Waals surface area contributed by atoms with Crippen molar-refractivity contribution in [1.82, 2.24) is 15.8 Å². The van der Waals surface area contributed by atoms with E-state index < -0.39 is 11.7 Å². The van der Waals surface area contributed by atoms with Crippen LogP contribution in [0.3, 0.4) is 0 Å². The molecule has 1 saturated heterocycles. The maximum atomic E-state index is 14.8. The summed E-state index contributed by atoms with van der Waals surface area (Å²) in [6.07, 6.45) is 4.23. The number of halogens is 1. The number of piperidine rings is 1. The van der Waals surface area contributed by atoms with Crippen LogP contribution in [-0.2, 0) is 22.4 Å². The molecule has 5 N–H and O–H groups in total. The molecule has 252 valence electrons. The number of nitriles is 2. The van der Waals surface area contributed by atoms with Crippen LogP contribution < -0.4 is 20.4 Å². The zero-order valence-corrected chi connectivity index (χ0v) is 26.7. The summed E-state index contributed by atoms with van der Waals surface area (Å²) in [5.41, 5.74) is 5.77. The number of benzene rings is 3. The predicted octanol–water partition coefficient (Wildman–Crippen LogP) is 4.56. The van der Waals surface area contributed by atoms with Gasteiger partial charge in [0.25, 0.3) is 6.47 Å². The van der Waals surface area contributed by atoms with Gasteiger partial charge in [-0.15, -0.1) is 0 Å². The smallest absolute Gasteiger partial charge is 0.290 e. The lowest BCUT2D eigenvalue weighted by molar-refractivity contribution is -0.128. The van der Waals surface area contributed by atoms with Crippen molar-refractivity contribution in [1.29, 1.82) is 10.5 Å². The molecule has 0 atom stereocenters. The third kappa shape index (κ3) is 8.87. The molecular formula is C36H35FN6O6. The number of aromatic nitrogens is 1. The van der Waals surface area contributed by atoms with Crippen molar-refractivity contribution in [3.8, 4) is 45.9 Å². The van der Waals surface area contributed by atoms with Crippen molar-refractivity contribution in [2.24, 2.45) is 0 Å². The fourth-order valence-electron chi connectivity index (χ4n) is 5.75. The minimum absolute atomic E-state index is 0.0850. The number of carbonyl (C=O) groups excluding carboxylic acids is 1. The van der Waals surface area contributed by atoms with Crippen molar-refractivity contribution in [2.75, 3.05) is 31.6 Å². The molecule has 0 radical (unpaired) electrons. The van der Waals surface area contributed by atoms with Gasteiger partial charge in [-0.3, -0.25) is 14.8 Å². The first-order chi connectivity index (χ1) is 23.8. The van der Waals surface area contributed by atoms with Crippen LogP contribution in [0.5, 0.6) is 11.5 Å². The number of ether oxygens (including phenoxy) is 1. The summed E-state index contributed by atoms with van der Waals surface area (Å²) in [6.45, 7) is 1.84. The van der Waals surface area contributed by atoms with Gasteiger partial charge in [-0.2, -0.15) is 10.5 Å². The minimum atomic E-state index is -0.692. The standard InChI is InChI=1S/C35H33FN6O4.CH2O2/c1-46-32-9-8-24(18-31(32)43)29-21-40-35(28(20-38)34(29)25-6-7-26(19-37)30(36)17-25)42-14-11-27(12-15-42)39-13-10-22-2-4-23(5-3-22)16-33(44)41-45;2-1-3/h2-9,17-18,21,27,39,43,45H,10-16H2,1H3,(H,41,44);1H,(H,2,3). The van der Waals surface area contributed by atoms with Crippen LogP contribution in [0.1, 0.15) is 35.1 Å². The van der Waals surface area contributed by atoms with Gasteiger partial charge < -0.3 is 25.2 Å². The third-order valence-corrected chi connectivity index (χ3v) is 8.19. The molecule has 1 aromatic heterocycles. The zero-order valence-electron chi connectivity index (χ0n) is 26.7. The Hall–Kier alpha value is -6.02. The number of nitrogens with one attached hydrogen (secondary N) is 2. The van der Waals surface area contributed by atoms with E-state index in [0.717, 1.165) is 36.9 Å². The SMILES string of the molecule is COc1ccc(-c2cnc(N3CCC(NCCc4ccc(CC(=O)NO)cc4)CC3)c(C#N)c2-c2ccc(C#N)c(F)c2)cc1O.O=CO. The van der Waals surface area contributed by atoms with Gasteiger partial charge in [0.05, 0.1) is 19.1 Å². The first kappa shape index (κ1) is 35.8. The molecule has 1 amide bonds. The molecule has 0 saturated carbocycles. The second kappa shape index (κ2) is 17.2. The molecule has 3 aromatic carbocycles. The number of anilines is 1. The van der Waals surface area contributed by atoms with Crippen molar-refractivity contribution in [2.45, 2.75) is 31.7 Å². The van der Waals surface area contributed by atoms with Crippen LogP contribution in [0, 0.1) is 28.5 Å². The molecule has 49 heavy (non-hydrogen) atoms. The summed E-state index contributed by atoms with van der Waals surface area (Å²) >= 11 is 0. The van der Waals surface area contributed by atoms with Gasteiger partial charge in [-0.25, -0.2) is 14.9 Å². The number of carbonyl (C=O) groups is 2. The van der Waals surface area contributed by atoms with E-state index in [1.807, 2.05) is 30.3 Å². The lowest BCUT2D eigenvalue weighted by Crippen LogP contribution is -2.43. The molecule has 1 aliphatic rings. The minimum Gasteiger partial charge on any atom is -0.504 e. The molecule has 13 heteroatoms. The highest BCUT2D eigenvalue weighted by atomic mass is 19.1. The number of nitrogens with zero attached hydrogens (tertiary/aromatic N) is 4. The lowest BCUT2D eigenvalue weighted by atomic mass is 9.91. The third-order valence-electron chi connectivity index (χ3n) is 8.19. The molecule has 5 rings (SSSR count). The second-order valence-corrected chi connectivity index (χ2v) is 11.1. The Morgan fingerprint density at radius 1 is 1.06 bits per heavy atom. The van der Waals surface area contributed by atoms with Crippen molar-refractivity contribution < 1.29 is 34.1 Å². The van der Waals surface area contributed by atoms with Crippen LogP contribution in [0.2, 0.25) is 0 Å². The summed E-state index contributed by atoms with van der Waals surface area (Å²) in [4.78, 5) is 26.5. The van der Waals surface area contributed by atoms with E-state index in [-0.39, 0.29) is 35.8 Å². The summed E-state index contributed by atoms with van der Waals surface area (Å²) < 4.78 is 20.0. The van der Waals surface area contributed by atoms with Gasteiger partial charge in [-0.05, 0) is 72.3 Å². The number of carboxylic acid groups (broad SMARTS) is 1. The Balaban J connectivity index is 0.00000174. The topological polar surface area (TPSA) is 192 Å². The van der Waals surface area contributed by atoms with E-state index >= 15 is 0 Å². The number of phenolic OH excluding ortho intramolecular Hbond substituents is 1. The molecule has 1 aliphatic heterocycles. The number of rotatable bonds is 10. The summed E-state index contributed by atoms with van der Waals surface area (Å²) in [5.74, 6) is -0.442. The van der Waals surface area contributed by atoms with Crippen molar-refractivity contribution in [3.05, 3.63) is 94.9 Å². The number of hydrogen-bond donors (Lipinski definition) is 5. The van der Waals surface area contributed by atoms with Gasteiger partial charge in [0.2, 0.25) is 5.91 Å². The van der Waals surface area contributed by atoms with E-state index in [9.17, 15) is 24.8 Å². The molecule has 0 aliphatic carbocycles. The van der Waals surface area contributed by atoms with Crippen LogP contribution in [0.25, 0.3) is 22.3 Å². The van der Waals surface area contributed by atoms with Crippen LogP contribution in [-0.4, -0.2) is 65.6 Å². The Kier molecular flexibility index (Phi) is 12.6. The zero-order chi connectivity index (χ0) is 35.3. The molecular weight excluding hydrogens is 631 g/mol. The van der Waals surface area contributed by atoms with Gasteiger partial charge in [0, 0.05) is 36.5 Å². The lowest BCUT2D eigenvalue weighted by Gasteiger charge is -2.34. The first-order valence-corrected chi connectivity index (χ1v) is 15.3. The number of amides is 1. The van der Waals surface area contributed by atoms with E-state index in [4.69, 9.17) is 24.8 Å². The van der Waals surface area contributed by atoms with Gasteiger partial charge >= 0.3 is 0 Å². The largest absolute Gasteiger partial charge is 0.504 e. The number of hydrogen-bond acceptors (Lipinski definition) is 10. The van der Waals surface area contributed by atoms with Crippen molar-refractivity contribution in [3.63, 3.8) is 0 Å². The Bertz CT molecular complexity index is 1860. The van der Waals surface area contributed by atoms with Gasteiger partial charge in [0.15, 0.2) is 11.5 Å². The Morgan fingerprint density at radius 3 is 2.33 bits per heavy atom. The average Bonchev–Trinajstić information content (AvgIpc) is 3.12. The fourth-order valence-corrected chi connectivity index (χ4v) is 5.75. The van der Waals surface area contributed by atoms with Crippen LogP contribution in [0.4, 0.5) is 10.2 Å². The molecule has 0 bridgehead atoms. The molecule has 0 unspecified atom stereocenters. The van der Waals surface area contributed by atoms with E-state index in [1.165, 1.54) is 25.3 Å². The maximum absolute atomic E-state index is 14.8. The highest BCUT2D eigenvalue weighted by molar-refractivity contribution is 5.90. The summed E-state index contributed by atoms with van der Waals surface area (Å²) in [7, 11) is 1.45. The number of pyridine rings is 1. The highest BCUT2D eigenvalue weighted by Gasteiger charge is 2.26. The number of hydroxylamine groups is 1. The molecule has 1 fully saturated rings. The molecule has 2 heterocycles. The quantitative estimate of drug-likeness (QED) is 0.0905. The monoisotopic (exact) mass is 666 g/mol. The Morgan fingerprint density at radius 2 is 1.73 bits per heavy atom. The average molecular weight is 667 g/mol. The summed E-state index contributed by atoms with van der Waals surface area (Å²) in [5, 5.41) is 49.4. The van der Waals surface area contributed by atoms with E-state index in [1.54, 1.807) is 29.9 Å². The Labute approximate surface area is 282 Å². The van der Waals surface area contributed by atoms with Gasteiger partial charge in [0.1, 0.15) is 29.3 Å². The van der Waals surface area contributed by atoms with E-state index in [2.05, 4.69) is 16.3 Å². The number of aromatic hydroxyl groups is 1. The van der Waals surface area contributed by atoms with Crippen LogP contribution in [0.15, 0.2) is 66.9 Å². The molecule has 4 aromatic rings. The first-order valence-electron chi connectivity index (χ1n) is 15.3. The molecule has 0 spiro atoms. The van der Waals surface area contributed by atoms with Crippen molar-refractivity contribution >= 4 is 18.2 Å². The van der Waals surface area contributed by atoms with E-state index in [0.29, 0.717) is 46.9 Å². The number of phenols is 1. The van der Waals surface area contributed by atoms with Gasteiger partial charge in [-0.1, -0.05) is 36.4 Å². The number of methoxy groups -OCH3 is 1. The predicted molar refractivity (Wildman–Crippen MR) is 178 cm³/mol. The van der Waals surface area contributed by atoms with Crippen LogP contribution >= 0.6 is 0 Å².